The Morgan fingerprint density at radius 2 is 1.79 bits per heavy atom. The van der Waals surface area contributed by atoms with E-state index in [9.17, 15) is 9.59 Å². The van der Waals surface area contributed by atoms with Gasteiger partial charge in [-0.05, 0) is 58.6 Å². The second-order valence-corrected chi connectivity index (χ2v) is 7.64. The highest BCUT2D eigenvalue weighted by Crippen LogP contribution is 2.19. The number of thioether (sulfide) groups is 1. The Hall–Kier alpha value is -1.69. The van der Waals surface area contributed by atoms with Crippen LogP contribution >= 0.6 is 11.8 Å². The Kier molecular flexibility index (Phi) is 7.60. The number of amides is 3. The average molecular weight is 352 g/mol. The van der Waals surface area contributed by atoms with Crippen molar-refractivity contribution < 1.29 is 9.59 Å². The SMILES string of the molecule is CCN(CC(=O)NC(C)(C)C)C(=O)N[C@@H](C)c1ccc(SC)cc1. The molecule has 0 saturated carbocycles. The lowest BCUT2D eigenvalue weighted by Gasteiger charge is -2.26. The number of rotatable bonds is 6. The minimum absolute atomic E-state index is 0.0533. The third-order valence-corrected chi connectivity index (χ3v) is 4.22. The summed E-state index contributed by atoms with van der Waals surface area (Å²) >= 11 is 1.68. The van der Waals surface area contributed by atoms with Gasteiger partial charge in [-0.2, -0.15) is 0 Å². The van der Waals surface area contributed by atoms with E-state index < -0.39 is 0 Å². The van der Waals surface area contributed by atoms with Crippen LogP contribution in [0.5, 0.6) is 0 Å². The molecule has 24 heavy (non-hydrogen) atoms. The molecular weight excluding hydrogens is 322 g/mol. The van der Waals surface area contributed by atoms with E-state index in [0.717, 1.165) is 5.56 Å². The van der Waals surface area contributed by atoms with Crippen LogP contribution in [0.25, 0.3) is 0 Å². The van der Waals surface area contributed by atoms with E-state index in [-0.39, 0.29) is 30.1 Å². The second-order valence-electron chi connectivity index (χ2n) is 6.76. The molecule has 5 nitrogen and oxygen atoms in total. The Bertz CT molecular complexity index is 552. The zero-order valence-corrected chi connectivity index (χ0v) is 16.3. The molecule has 1 aromatic carbocycles. The van der Waals surface area contributed by atoms with Crippen molar-refractivity contribution in [2.75, 3.05) is 19.3 Å². The van der Waals surface area contributed by atoms with Gasteiger partial charge in [0.1, 0.15) is 6.54 Å². The summed E-state index contributed by atoms with van der Waals surface area (Å²) in [5, 5.41) is 5.83. The van der Waals surface area contributed by atoms with Gasteiger partial charge in [-0.3, -0.25) is 4.79 Å². The van der Waals surface area contributed by atoms with Gasteiger partial charge in [-0.25, -0.2) is 4.79 Å². The van der Waals surface area contributed by atoms with Crippen LogP contribution in [0.1, 0.15) is 46.2 Å². The van der Waals surface area contributed by atoms with Crippen LogP contribution in [-0.2, 0) is 4.79 Å². The number of likely N-dealkylation sites (N-methyl/N-ethyl adjacent to an activating group) is 1. The van der Waals surface area contributed by atoms with Crippen molar-refractivity contribution >= 4 is 23.7 Å². The Balaban J connectivity index is 2.63. The molecule has 0 aliphatic carbocycles. The zero-order valence-electron chi connectivity index (χ0n) is 15.5. The number of nitrogens with one attached hydrogen (secondary N) is 2. The van der Waals surface area contributed by atoms with Crippen molar-refractivity contribution in [1.82, 2.24) is 15.5 Å². The van der Waals surface area contributed by atoms with Gasteiger partial charge in [-0.1, -0.05) is 12.1 Å². The summed E-state index contributed by atoms with van der Waals surface area (Å²) in [5.41, 5.74) is 0.732. The average Bonchev–Trinajstić information content (AvgIpc) is 2.50. The highest BCUT2D eigenvalue weighted by atomic mass is 32.2. The predicted molar refractivity (Wildman–Crippen MR) is 100 cm³/mol. The lowest BCUT2D eigenvalue weighted by molar-refractivity contribution is -0.123. The first kappa shape index (κ1) is 20.4. The zero-order chi connectivity index (χ0) is 18.3. The number of urea groups is 1. The first-order chi connectivity index (χ1) is 11.2. The van der Waals surface area contributed by atoms with E-state index in [4.69, 9.17) is 0 Å². The van der Waals surface area contributed by atoms with Crippen LogP contribution in [0, 0.1) is 0 Å². The van der Waals surface area contributed by atoms with Gasteiger partial charge < -0.3 is 15.5 Å². The molecule has 6 heteroatoms. The molecule has 0 saturated heterocycles. The van der Waals surface area contributed by atoms with E-state index >= 15 is 0 Å². The van der Waals surface area contributed by atoms with Crippen LogP contribution in [0.2, 0.25) is 0 Å². The summed E-state index contributed by atoms with van der Waals surface area (Å²) in [5.74, 6) is -0.156. The highest BCUT2D eigenvalue weighted by Gasteiger charge is 2.20. The molecule has 2 N–H and O–H groups in total. The van der Waals surface area contributed by atoms with E-state index in [1.807, 2.05) is 65.1 Å². The third-order valence-electron chi connectivity index (χ3n) is 3.47. The maximum absolute atomic E-state index is 12.4. The molecule has 0 aliphatic rings. The number of hydrogen-bond donors (Lipinski definition) is 2. The Labute approximate surface area is 149 Å². The minimum atomic E-state index is -0.306. The molecule has 0 spiro atoms. The Morgan fingerprint density at radius 1 is 1.21 bits per heavy atom. The van der Waals surface area contributed by atoms with Gasteiger partial charge in [0.15, 0.2) is 0 Å². The number of nitrogens with zero attached hydrogens (tertiary/aromatic N) is 1. The number of carbonyl (C=O) groups excluding carboxylic acids is 2. The fourth-order valence-corrected chi connectivity index (χ4v) is 2.62. The van der Waals surface area contributed by atoms with Gasteiger partial charge in [0.25, 0.3) is 0 Å². The van der Waals surface area contributed by atoms with Crippen LogP contribution in [0.3, 0.4) is 0 Å². The molecule has 0 radical (unpaired) electrons. The second kappa shape index (κ2) is 8.97. The quantitative estimate of drug-likeness (QED) is 0.772. The number of benzene rings is 1. The van der Waals surface area contributed by atoms with Crippen molar-refractivity contribution in [2.45, 2.75) is 51.1 Å². The summed E-state index contributed by atoms with van der Waals surface area (Å²) < 4.78 is 0. The van der Waals surface area contributed by atoms with E-state index in [1.54, 1.807) is 11.8 Å². The predicted octanol–water partition coefficient (Wildman–Crippen LogP) is 3.42. The normalized spacial score (nSPS) is 12.4. The first-order valence-corrected chi connectivity index (χ1v) is 9.39. The fraction of sp³-hybridized carbons (Fsp3) is 0.556. The van der Waals surface area contributed by atoms with Gasteiger partial charge in [0.2, 0.25) is 5.91 Å². The number of carbonyl (C=O) groups is 2. The van der Waals surface area contributed by atoms with Crippen molar-refractivity contribution in [1.29, 1.82) is 0 Å². The Morgan fingerprint density at radius 3 is 2.25 bits per heavy atom. The molecule has 134 valence electrons. The van der Waals surface area contributed by atoms with Gasteiger partial charge in [-0.15, -0.1) is 11.8 Å². The lowest BCUT2D eigenvalue weighted by atomic mass is 10.1. The van der Waals surface area contributed by atoms with Crippen LogP contribution < -0.4 is 10.6 Å². The molecule has 1 rings (SSSR count). The first-order valence-electron chi connectivity index (χ1n) is 8.16. The van der Waals surface area contributed by atoms with Gasteiger partial charge in [0, 0.05) is 17.0 Å². The van der Waals surface area contributed by atoms with Gasteiger partial charge >= 0.3 is 6.03 Å². The third kappa shape index (κ3) is 6.83. The molecule has 1 atom stereocenters. The smallest absolute Gasteiger partial charge is 0.318 e. The molecule has 0 aromatic heterocycles. The fourth-order valence-electron chi connectivity index (χ4n) is 2.21. The van der Waals surface area contributed by atoms with Crippen LogP contribution in [0.4, 0.5) is 4.79 Å². The van der Waals surface area contributed by atoms with E-state index in [0.29, 0.717) is 6.54 Å². The molecule has 0 fully saturated rings. The summed E-state index contributed by atoms with van der Waals surface area (Å²) in [4.78, 5) is 27.1. The standard InChI is InChI=1S/C18H29N3O2S/c1-7-21(12-16(22)20-18(3,4)5)17(23)19-13(2)14-8-10-15(24-6)11-9-14/h8-11,13H,7,12H2,1-6H3,(H,19,23)(H,20,22)/t13-/m0/s1. The summed E-state index contributed by atoms with van der Waals surface area (Å²) in [6.07, 6.45) is 2.03. The largest absolute Gasteiger partial charge is 0.350 e. The molecule has 0 bridgehead atoms. The maximum atomic E-state index is 12.4. The molecule has 0 unspecified atom stereocenters. The summed E-state index contributed by atoms with van der Waals surface area (Å²) in [7, 11) is 0. The van der Waals surface area contributed by atoms with Crippen molar-refractivity contribution in [3.05, 3.63) is 29.8 Å². The van der Waals surface area contributed by atoms with Crippen LogP contribution in [0.15, 0.2) is 29.2 Å². The molecular formula is C18H29N3O2S. The summed E-state index contributed by atoms with van der Waals surface area (Å²) in [6, 6.07) is 7.75. The number of hydrogen-bond acceptors (Lipinski definition) is 3. The lowest BCUT2D eigenvalue weighted by Crippen LogP contribution is -2.49. The van der Waals surface area contributed by atoms with Gasteiger partial charge in [0.05, 0.1) is 6.04 Å². The van der Waals surface area contributed by atoms with E-state index in [2.05, 4.69) is 10.6 Å². The van der Waals surface area contributed by atoms with Crippen molar-refractivity contribution in [3.63, 3.8) is 0 Å². The van der Waals surface area contributed by atoms with Crippen molar-refractivity contribution in [2.24, 2.45) is 0 Å². The maximum Gasteiger partial charge on any atom is 0.318 e. The summed E-state index contributed by atoms with van der Waals surface area (Å²) in [6.45, 7) is 10.1. The molecule has 1 aromatic rings. The van der Waals surface area contributed by atoms with Crippen LogP contribution in [-0.4, -0.2) is 41.7 Å². The molecule has 0 heterocycles. The highest BCUT2D eigenvalue weighted by molar-refractivity contribution is 7.98. The topological polar surface area (TPSA) is 61.4 Å². The van der Waals surface area contributed by atoms with Crippen molar-refractivity contribution in [3.8, 4) is 0 Å². The monoisotopic (exact) mass is 351 g/mol. The molecule has 3 amide bonds. The minimum Gasteiger partial charge on any atom is -0.350 e. The molecule has 0 aliphatic heterocycles. The van der Waals surface area contributed by atoms with E-state index in [1.165, 1.54) is 9.80 Å².